The van der Waals surface area contributed by atoms with Gasteiger partial charge in [-0.2, -0.15) is 0 Å². The third-order valence-electron chi connectivity index (χ3n) is 7.17. The summed E-state index contributed by atoms with van der Waals surface area (Å²) in [5.74, 6) is -2.52. The number of nitrogens with zero attached hydrogens (tertiary/aromatic N) is 1. The molecule has 4 rings (SSSR count). The van der Waals surface area contributed by atoms with E-state index in [0.717, 1.165) is 27.8 Å². The number of ether oxygens (including phenoxy) is 2. The molecule has 0 aliphatic heterocycles. The highest BCUT2D eigenvalue weighted by molar-refractivity contribution is 5.90. The molecule has 0 bridgehead atoms. The molecule has 1 aliphatic rings. The Bertz CT molecular complexity index is 1350. The van der Waals surface area contributed by atoms with Crippen molar-refractivity contribution in [2.45, 2.75) is 51.3 Å². The zero-order valence-corrected chi connectivity index (χ0v) is 23.1. The highest BCUT2D eigenvalue weighted by Crippen LogP contribution is 2.44. The lowest BCUT2D eigenvalue weighted by Gasteiger charge is -2.31. The van der Waals surface area contributed by atoms with Crippen molar-refractivity contribution in [2.75, 3.05) is 13.2 Å². The van der Waals surface area contributed by atoms with Crippen molar-refractivity contribution in [1.82, 2.24) is 10.2 Å². The Hall–Kier alpha value is -4.66. The second kappa shape index (κ2) is 13.6. The Morgan fingerprint density at radius 1 is 0.854 bits per heavy atom. The van der Waals surface area contributed by atoms with Crippen LogP contribution in [0.5, 0.6) is 0 Å². The van der Waals surface area contributed by atoms with Gasteiger partial charge in [0.25, 0.3) is 0 Å². The number of carboxylic acids is 1. The monoisotopic (exact) mass is 558 g/mol. The maximum Gasteiger partial charge on any atom is 0.407 e. The first-order chi connectivity index (χ1) is 19.8. The van der Waals surface area contributed by atoms with E-state index >= 15 is 0 Å². The number of fused-ring (bicyclic) bond motifs is 3. The summed E-state index contributed by atoms with van der Waals surface area (Å²) in [5, 5.41) is 11.8. The van der Waals surface area contributed by atoms with E-state index in [9.17, 15) is 24.3 Å². The quantitative estimate of drug-likeness (QED) is 0.308. The summed E-state index contributed by atoms with van der Waals surface area (Å²) < 4.78 is 11.0. The SMILES string of the molecule is CCN(C(=O)[C@H](CC(=O)OCc1ccccc1)NC(=O)OCC1c2ccccc2-c2ccccc21)C(C)CC(=O)O. The number of rotatable bonds is 12. The van der Waals surface area contributed by atoms with Crippen molar-refractivity contribution in [3.8, 4) is 11.1 Å². The molecule has 0 fully saturated rings. The zero-order chi connectivity index (χ0) is 29.4. The fourth-order valence-corrected chi connectivity index (χ4v) is 5.19. The number of alkyl carbamates (subject to hydrolysis) is 1. The number of carbonyl (C=O) groups is 4. The third-order valence-corrected chi connectivity index (χ3v) is 7.17. The van der Waals surface area contributed by atoms with Crippen molar-refractivity contribution < 1.29 is 33.8 Å². The van der Waals surface area contributed by atoms with E-state index in [4.69, 9.17) is 9.47 Å². The molecule has 1 aliphatic carbocycles. The first kappa shape index (κ1) is 29.3. The van der Waals surface area contributed by atoms with Crippen molar-refractivity contribution in [1.29, 1.82) is 0 Å². The van der Waals surface area contributed by atoms with Gasteiger partial charge in [-0.15, -0.1) is 0 Å². The van der Waals surface area contributed by atoms with Crippen LogP contribution < -0.4 is 5.32 Å². The Morgan fingerprint density at radius 3 is 2.02 bits per heavy atom. The van der Waals surface area contributed by atoms with E-state index in [1.807, 2.05) is 66.7 Å². The number of amides is 2. The summed E-state index contributed by atoms with van der Waals surface area (Å²) in [6.07, 6.45) is -1.58. The van der Waals surface area contributed by atoms with E-state index in [2.05, 4.69) is 5.32 Å². The molecule has 0 saturated carbocycles. The van der Waals surface area contributed by atoms with Crippen molar-refractivity contribution in [2.24, 2.45) is 0 Å². The number of hydrogen-bond acceptors (Lipinski definition) is 6. The minimum absolute atomic E-state index is 0.0123. The molecule has 0 heterocycles. The molecule has 0 aromatic heterocycles. The number of carboxylic acid groups (broad SMARTS) is 1. The van der Waals surface area contributed by atoms with Gasteiger partial charge in [0.05, 0.1) is 12.8 Å². The molecular formula is C32H34N2O7. The number of hydrogen-bond donors (Lipinski definition) is 2. The summed E-state index contributed by atoms with van der Waals surface area (Å²) in [5.41, 5.74) is 5.02. The lowest BCUT2D eigenvalue weighted by atomic mass is 9.98. The fourth-order valence-electron chi connectivity index (χ4n) is 5.19. The van der Waals surface area contributed by atoms with Gasteiger partial charge in [-0.05, 0) is 41.7 Å². The summed E-state index contributed by atoms with van der Waals surface area (Å²) in [4.78, 5) is 51.8. The second-order valence-corrected chi connectivity index (χ2v) is 9.94. The van der Waals surface area contributed by atoms with Gasteiger partial charge in [-0.25, -0.2) is 4.79 Å². The van der Waals surface area contributed by atoms with Gasteiger partial charge >= 0.3 is 18.0 Å². The predicted molar refractivity (Wildman–Crippen MR) is 152 cm³/mol. The van der Waals surface area contributed by atoms with Crippen LogP contribution in [0, 0.1) is 0 Å². The minimum atomic E-state index is -1.30. The number of carbonyl (C=O) groups excluding carboxylic acids is 3. The minimum Gasteiger partial charge on any atom is -0.481 e. The standard InChI is InChI=1S/C32H34N2O7/c1-3-34(21(2)17-29(35)36)31(38)28(18-30(37)40-19-22-11-5-4-6-12-22)33-32(39)41-20-27-25-15-9-7-13-23(25)24-14-8-10-16-26(24)27/h4-16,21,27-28H,3,17-20H2,1-2H3,(H,33,39)(H,35,36)/t21?,28-/m0/s1. The number of likely N-dealkylation sites (N-methyl/N-ethyl adjacent to an activating group) is 1. The Balaban J connectivity index is 1.46. The van der Waals surface area contributed by atoms with E-state index in [1.165, 1.54) is 4.90 Å². The van der Waals surface area contributed by atoms with Crippen LogP contribution in [0.1, 0.15) is 49.3 Å². The normalized spacial score (nSPS) is 13.3. The second-order valence-electron chi connectivity index (χ2n) is 9.94. The summed E-state index contributed by atoms with van der Waals surface area (Å²) in [6.45, 7) is 3.54. The van der Waals surface area contributed by atoms with Crippen LogP contribution in [0.2, 0.25) is 0 Å². The maximum atomic E-state index is 13.5. The van der Waals surface area contributed by atoms with E-state index in [1.54, 1.807) is 26.0 Å². The van der Waals surface area contributed by atoms with Crippen molar-refractivity contribution >= 4 is 23.9 Å². The molecule has 9 nitrogen and oxygen atoms in total. The van der Waals surface area contributed by atoms with Crippen LogP contribution in [0.15, 0.2) is 78.9 Å². The van der Waals surface area contributed by atoms with E-state index in [0.29, 0.717) is 0 Å². The molecule has 1 unspecified atom stereocenters. The molecule has 0 radical (unpaired) electrons. The van der Waals surface area contributed by atoms with Crippen LogP contribution in [0.3, 0.4) is 0 Å². The topological polar surface area (TPSA) is 122 Å². The lowest BCUT2D eigenvalue weighted by Crippen LogP contribution is -2.52. The van der Waals surface area contributed by atoms with Crippen LogP contribution in [0.4, 0.5) is 4.79 Å². The van der Waals surface area contributed by atoms with Crippen molar-refractivity contribution in [3.63, 3.8) is 0 Å². The first-order valence-corrected chi connectivity index (χ1v) is 13.6. The van der Waals surface area contributed by atoms with Gasteiger partial charge in [-0.3, -0.25) is 14.4 Å². The Morgan fingerprint density at radius 2 is 1.44 bits per heavy atom. The lowest BCUT2D eigenvalue weighted by molar-refractivity contribution is -0.149. The smallest absolute Gasteiger partial charge is 0.407 e. The van der Waals surface area contributed by atoms with Crippen LogP contribution in [-0.2, 0) is 30.5 Å². The molecule has 41 heavy (non-hydrogen) atoms. The zero-order valence-electron chi connectivity index (χ0n) is 23.1. The van der Waals surface area contributed by atoms with Gasteiger partial charge < -0.3 is 24.8 Å². The van der Waals surface area contributed by atoms with Crippen LogP contribution >= 0.6 is 0 Å². The van der Waals surface area contributed by atoms with Gasteiger partial charge in [-0.1, -0.05) is 78.9 Å². The highest BCUT2D eigenvalue weighted by Gasteiger charge is 2.33. The molecule has 2 N–H and O–H groups in total. The maximum absolute atomic E-state index is 13.5. The third kappa shape index (κ3) is 7.30. The predicted octanol–water partition coefficient (Wildman–Crippen LogP) is 4.74. The molecule has 2 amide bonds. The van der Waals surface area contributed by atoms with Gasteiger partial charge in [0.2, 0.25) is 5.91 Å². The Labute approximate surface area is 239 Å². The number of nitrogens with one attached hydrogen (secondary N) is 1. The van der Waals surface area contributed by atoms with Gasteiger partial charge in [0, 0.05) is 18.5 Å². The summed E-state index contributed by atoms with van der Waals surface area (Å²) >= 11 is 0. The molecular weight excluding hydrogens is 524 g/mol. The molecule has 3 aromatic carbocycles. The molecule has 9 heteroatoms. The summed E-state index contributed by atoms with van der Waals surface area (Å²) in [7, 11) is 0. The number of benzene rings is 3. The Kier molecular flexibility index (Phi) is 9.73. The average molecular weight is 559 g/mol. The van der Waals surface area contributed by atoms with Crippen molar-refractivity contribution in [3.05, 3.63) is 95.6 Å². The average Bonchev–Trinajstić information content (AvgIpc) is 3.28. The number of aliphatic carboxylic acids is 1. The number of esters is 1. The molecule has 0 spiro atoms. The summed E-state index contributed by atoms with van der Waals surface area (Å²) in [6, 6.07) is 23.0. The van der Waals surface area contributed by atoms with E-state index in [-0.39, 0.29) is 32.1 Å². The molecule has 2 atom stereocenters. The van der Waals surface area contributed by atoms with Crippen LogP contribution in [-0.4, -0.2) is 59.2 Å². The molecule has 214 valence electrons. The highest BCUT2D eigenvalue weighted by atomic mass is 16.5. The van der Waals surface area contributed by atoms with Gasteiger partial charge in [0.15, 0.2) is 0 Å². The van der Waals surface area contributed by atoms with Gasteiger partial charge in [0.1, 0.15) is 19.3 Å². The van der Waals surface area contributed by atoms with Crippen LogP contribution in [0.25, 0.3) is 11.1 Å². The largest absolute Gasteiger partial charge is 0.481 e. The molecule has 3 aromatic rings. The van der Waals surface area contributed by atoms with E-state index < -0.39 is 42.4 Å². The fraction of sp³-hybridized carbons (Fsp3) is 0.312. The first-order valence-electron chi connectivity index (χ1n) is 13.6. The molecule has 0 saturated heterocycles.